The van der Waals surface area contributed by atoms with E-state index in [4.69, 9.17) is 0 Å². The van der Waals surface area contributed by atoms with Crippen molar-refractivity contribution in [2.45, 2.75) is 67.7 Å². The van der Waals surface area contributed by atoms with Crippen LogP contribution in [0.2, 0.25) is 0 Å². The van der Waals surface area contributed by atoms with Crippen LogP contribution in [0.3, 0.4) is 0 Å². The van der Waals surface area contributed by atoms with Crippen molar-refractivity contribution in [2.75, 3.05) is 0 Å². The van der Waals surface area contributed by atoms with Gasteiger partial charge in [0, 0.05) is 32.7 Å². The Balaban J connectivity index is 1.29. The Bertz CT molecular complexity index is 4470. The van der Waals surface area contributed by atoms with Crippen LogP contribution < -0.4 is 0 Å². The average Bonchev–Trinajstić information content (AvgIpc) is 2.93. The molecule has 0 aliphatic carbocycles. The van der Waals surface area contributed by atoms with E-state index in [9.17, 15) is 5.26 Å². The highest BCUT2D eigenvalue weighted by Gasteiger charge is 2.42. The first-order valence-corrected chi connectivity index (χ1v) is 26.5. The summed E-state index contributed by atoms with van der Waals surface area (Å²) in [5.74, 6) is 0. The van der Waals surface area contributed by atoms with Gasteiger partial charge in [0.25, 0.3) is 0 Å². The molecule has 0 fully saturated rings. The normalized spacial score (nSPS) is 12.1. The lowest BCUT2D eigenvalue weighted by atomic mass is 9.90. The van der Waals surface area contributed by atoms with Gasteiger partial charge in [-0.15, -0.1) is 0 Å². The molecule has 2 heterocycles. The van der Waals surface area contributed by atoms with Crippen molar-refractivity contribution < 1.29 is 26.3 Å². The minimum Gasteiger partial charge on any atom is -0.308 e. The van der Waals surface area contributed by atoms with Gasteiger partial charge < -0.3 is 9.13 Å². The number of hydrogen-bond donors (Lipinski definition) is 0. The van der Waals surface area contributed by atoms with Gasteiger partial charge >= 0.3 is 12.4 Å². The molecule has 394 valence electrons. The predicted molar refractivity (Wildman–Crippen MR) is 315 cm³/mol. The van der Waals surface area contributed by atoms with Crippen LogP contribution in [0.25, 0.3) is 111 Å². The van der Waals surface area contributed by atoms with Crippen molar-refractivity contribution in [1.29, 1.82) is 5.26 Å². The number of halogens is 6. The van der Waals surface area contributed by atoms with Crippen LogP contribution in [0.5, 0.6) is 0 Å². The molecule has 12 aromatic rings. The van der Waals surface area contributed by atoms with E-state index in [1.807, 2.05) is 145 Å². The summed E-state index contributed by atoms with van der Waals surface area (Å²) >= 11 is 0. The molecule has 0 aliphatic rings. The zero-order valence-corrected chi connectivity index (χ0v) is 45.4. The van der Waals surface area contributed by atoms with Crippen LogP contribution in [-0.4, -0.2) is 9.13 Å². The molecule has 9 heteroatoms. The quantitative estimate of drug-likeness (QED) is 0.146. The Morgan fingerprint density at radius 1 is 0.350 bits per heavy atom. The van der Waals surface area contributed by atoms with Crippen molar-refractivity contribution in [3.63, 3.8) is 0 Å². The Kier molecular flexibility index (Phi) is 12.3. The van der Waals surface area contributed by atoms with Gasteiger partial charge in [0.15, 0.2) is 0 Å². The van der Waals surface area contributed by atoms with Gasteiger partial charge in [-0.2, -0.15) is 31.6 Å². The summed E-state index contributed by atoms with van der Waals surface area (Å²) < 4.78 is 98.2. The molecule has 0 saturated carbocycles. The molecule has 3 nitrogen and oxygen atoms in total. The molecule has 0 radical (unpaired) electrons. The number of aromatic nitrogens is 2. The molecule has 0 bridgehead atoms. The maximum atomic E-state index is 15.7. The topological polar surface area (TPSA) is 33.6 Å². The third-order valence-corrected chi connectivity index (χ3v) is 16.1. The molecule has 0 spiro atoms. The van der Waals surface area contributed by atoms with Gasteiger partial charge in [-0.05, 0) is 170 Å². The SMILES string of the molecule is Cc1ccc(-c2ccc3c4ccc(-c5ccc(C)cc5C)cc4n(-c4ccc(-c5c(C(F)(F)F)cccc5C(F)(F)F)c(-n5c6cc(-c7ccc(C)c(C)c7)ccc6c6ccc(-c7cc(C)ccc7C)cc65)c4C#N)c3c2)c(C)c1. The van der Waals surface area contributed by atoms with Gasteiger partial charge in [0.2, 0.25) is 0 Å². The second-order valence-corrected chi connectivity index (χ2v) is 21.5. The Labute approximate surface area is 460 Å². The maximum absolute atomic E-state index is 15.7. The number of rotatable bonds is 7. The minimum absolute atomic E-state index is 0.131. The highest BCUT2D eigenvalue weighted by Crippen LogP contribution is 2.50. The third-order valence-electron chi connectivity index (χ3n) is 16.1. The molecule has 12 rings (SSSR count). The maximum Gasteiger partial charge on any atom is 0.417 e. The molecule has 0 atom stereocenters. The second-order valence-electron chi connectivity index (χ2n) is 21.5. The van der Waals surface area contributed by atoms with E-state index < -0.39 is 34.6 Å². The molecule has 0 N–H and O–H groups in total. The fourth-order valence-electron chi connectivity index (χ4n) is 12.1. The lowest BCUT2D eigenvalue weighted by Gasteiger charge is -2.24. The van der Waals surface area contributed by atoms with Crippen LogP contribution in [0.4, 0.5) is 26.3 Å². The zero-order chi connectivity index (χ0) is 56.3. The lowest BCUT2D eigenvalue weighted by Crippen LogP contribution is -2.16. The monoisotopic (exact) mass is 1060 g/mol. The summed E-state index contributed by atoms with van der Waals surface area (Å²) in [6, 6.07) is 56.2. The van der Waals surface area contributed by atoms with Crippen LogP contribution in [0, 0.1) is 66.7 Å². The van der Waals surface area contributed by atoms with E-state index in [-0.39, 0.29) is 16.9 Å². The minimum atomic E-state index is -5.24. The number of aryl methyl sites for hydroxylation is 8. The number of nitrogens with zero attached hydrogens (tertiary/aromatic N) is 3. The number of fused-ring (bicyclic) bond motifs is 6. The standard InChI is InChI=1S/C71H53F6N3/c1-39-13-22-52(45(7)30-39)49-19-25-54-55-26-20-50(53-23-14-40(2)31-46(53)8)36-65(55)79(64(54)35-49)63-29-28-58(68-61(70(72,73)74)10-9-11-62(68)71(75,76)77)69(60(63)38-78)80-66-34-48(47-17-16-42(4)44(6)33-47)18-24-56(66)57-27-21-51(37-67(57)80)59-32-41(3)12-15-43(59)5/h9-37H,1-8H3. The number of nitriles is 1. The van der Waals surface area contributed by atoms with Gasteiger partial charge in [0.05, 0.1) is 44.6 Å². The van der Waals surface area contributed by atoms with E-state index in [0.29, 0.717) is 45.0 Å². The third kappa shape index (κ3) is 8.62. The second kappa shape index (κ2) is 19.1. The predicted octanol–water partition coefficient (Wildman–Crippen LogP) is 20.6. The number of hydrogen-bond acceptors (Lipinski definition) is 1. The smallest absolute Gasteiger partial charge is 0.308 e. The van der Waals surface area contributed by atoms with Crippen molar-refractivity contribution >= 4 is 43.6 Å². The van der Waals surface area contributed by atoms with Gasteiger partial charge in [0.1, 0.15) is 11.6 Å². The molecular formula is C71H53F6N3. The van der Waals surface area contributed by atoms with Gasteiger partial charge in [-0.25, -0.2) is 0 Å². The Morgan fingerprint density at radius 3 is 1.25 bits per heavy atom. The van der Waals surface area contributed by atoms with E-state index in [2.05, 4.69) is 66.7 Å². The first kappa shape index (κ1) is 51.6. The fraction of sp³-hybridized carbons (Fsp3) is 0.141. The molecule has 2 aromatic heterocycles. The van der Waals surface area contributed by atoms with Crippen LogP contribution >= 0.6 is 0 Å². The summed E-state index contributed by atoms with van der Waals surface area (Å²) in [5, 5.41) is 15.2. The van der Waals surface area contributed by atoms with Crippen molar-refractivity contribution in [3.05, 3.63) is 237 Å². The summed E-state index contributed by atoms with van der Waals surface area (Å²) in [5.41, 5.74) is 13.3. The van der Waals surface area contributed by atoms with E-state index >= 15 is 26.3 Å². The first-order valence-electron chi connectivity index (χ1n) is 26.5. The van der Waals surface area contributed by atoms with E-state index in [1.165, 1.54) is 12.1 Å². The van der Waals surface area contributed by atoms with Crippen molar-refractivity contribution in [2.24, 2.45) is 0 Å². The first-order chi connectivity index (χ1) is 38.2. The highest BCUT2D eigenvalue weighted by atomic mass is 19.4. The largest absolute Gasteiger partial charge is 0.417 e. The Morgan fingerprint density at radius 2 is 0.762 bits per heavy atom. The summed E-state index contributed by atoms with van der Waals surface area (Å²) in [6.45, 7) is 16.2. The van der Waals surface area contributed by atoms with Crippen LogP contribution in [0.1, 0.15) is 61.2 Å². The van der Waals surface area contributed by atoms with Gasteiger partial charge in [-0.1, -0.05) is 150 Å². The van der Waals surface area contributed by atoms with Crippen molar-refractivity contribution in [3.8, 4) is 73.1 Å². The average molecular weight is 1060 g/mol. The summed E-state index contributed by atoms with van der Waals surface area (Å²) in [4.78, 5) is 0. The van der Waals surface area contributed by atoms with Gasteiger partial charge in [-0.3, -0.25) is 0 Å². The molecule has 0 unspecified atom stereocenters. The number of benzene rings is 10. The highest BCUT2D eigenvalue weighted by molar-refractivity contribution is 6.14. The van der Waals surface area contributed by atoms with Crippen LogP contribution in [0.15, 0.2) is 176 Å². The fourth-order valence-corrected chi connectivity index (χ4v) is 12.1. The molecular weight excluding hydrogens is 1010 g/mol. The van der Waals surface area contributed by atoms with E-state index in [0.717, 1.165) is 106 Å². The lowest BCUT2D eigenvalue weighted by molar-refractivity contribution is -0.142. The zero-order valence-electron chi connectivity index (χ0n) is 45.4. The van der Waals surface area contributed by atoms with Crippen LogP contribution in [-0.2, 0) is 12.4 Å². The number of alkyl halides is 6. The summed E-state index contributed by atoms with van der Waals surface area (Å²) in [6.07, 6.45) is -10.5. The van der Waals surface area contributed by atoms with Crippen molar-refractivity contribution in [1.82, 2.24) is 9.13 Å². The molecule has 10 aromatic carbocycles. The molecule has 0 aliphatic heterocycles. The summed E-state index contributed by atoms with van der Waals surface area (Å²) in [7, 11) is 0. The molecule has 80 heavy (non-hydrogen) atoms. The Hall–Kier alpha value is -9.13. The molecule has 0 saturated heterocycles. The molecule has 0 amide bonds. The van der Waals surface area contributed by atoms with E-state index in [1.54, 1.807) is 4.57 Å².